The molecule has 2 aromatic carbocycles. The van der Waals surface area contributed by atoms with Crippen LogP contribution in [0.3, 0.4) is 0 Å². The molecule has 0 bridgehead atoms. The molecule has 2 aromatic rings. The minimum Gasteiger partial charge on any atom is -0.399 e. The van der Waals surface area contributed by atoms with Gasteiger partial charge < -0.3 is 16.0 Å². The number of halogens is 2. The van der Waals surface area contributed by atoms with Crippen molar-refractivity contribution in [2.45, 2.75) is 19.8 Å². The molecule has 0 aliphatic carbocycles. The van der Waals surface area contributed by atoms with Crippen molar-refractivity contribution in [2.75, 3.05) is 24.1 Å². The Bertz CT molecular complexity index is 776. The lowest BCUT2D eigenvalue weighted by molar-refractivity contribution is -0.134. The third-order valence-corrected chi connectivity index (χ3v) is 3.96. The predicted molar refractivity (Wildman–Crippen MR) is 96.4 cm³/mol. The summed E-state index contributed by atoms with van der Waals surface area (Å²) in [6.07, 6.45) is 0.634. The Hall–Kier alpha value is -2.96. The Morgan fingerprint density at radius 1 is 1.08 bits per heavy atom. The molecule has 0 saturated heterocycles. The number of amides is 2. The Labute approximate surface area is 150 Å². The zero-order valence-corrected chi connectivity index (χ0v) is 14.5. The van der Waals surface area contributed by atoms with Gasteiger partial charge in [0.15, 0.2) is 0 Å². The van der Waals surface area contributed by atoms with Gasteiger partial charge in [0.05, 0.1) is 6.54 Å². The van der Waals surface area contributed by atoms with Crippen molar-refractivity contribution < 1.29 is 18.4 Å². The van der Waals surface area contributed by atoms with Crippen LogP contribution in [0.2, 0.25) is 0 Å². The summed E-state index contributed by atoms with van der Waals surface area (Å²) in [5.41, 5.74) is 6.80. The van der Waals surface area contributed by atoms with Crippen molar-refractivity contribution in [3.8, 4) is 0 Å². The third kappa shape index (κ3) is 5.02. The molecule has 5 nitrogen and oxygen atoms in total. The highest BCUT2D eigenvalue weighted by Crippen LogP contribution is 2.18. The van der Waals surface area contributed by atoms with E-state index in [-0.39, 0.29) is 18.9 Å². The maximum absolute atomic E-state index is 13.6. The lowest BCUT2D eigenvalue weighted by Crippen LogP contribution is -2.38. The summed E-state index contributed by atoms with van der Waals surface area (Å²) in [6.45, 7) is 1.75. The van der Waals surface area contributed by atoms with E-state index in [0.717, 1.165) is 17.7 Å². The number of hydrogen-bond donors (Lipinski definition) is 2. The van der Waals surface area contributed by atoms with E-state index in [9.17, 15) is 18.4 Å². The van der Waals surface area contributed by atoms with Gasteiger partial charge in [0.1, 0.15) is 17.3 Å². The topological polar surface area (TPSA) is 75.4 Å². The average molecular weight is 361 g/mol. The van der Waals surface area contributed by atoms with Gasteiger partial charge in [-0.2, -0.15) is 0 Å². The second-order valence-corrected chi connectivity index (χ2v) is 5.75. The summed E-state index contributed by atoms with van der Waals surface area (Å²) < 4.78 is 27.2. The Morgan fingerprint density at radius 2 is 1.73 bits per heavy atom. The summed E-state index contributed by atoms with van der Waals surface area (Å²) in [4.78, 5) is 25.7. The van der Waals surface area contributed by atoms with Crippen LogP contribution in [-0.4, -0.2) is 29.8 Å². The monoisotopic (exact) mass is 361 g/mol. The number of aryl methyl sites for hydroxylation is 1. The van der Waals surface area contributed by atoms with Crippen LogP contribution >= 0.6 is 0 Å². The van der Waals surface area contributed by atoms with Gasteiger partial charge in [-0.05, 0) is 37.1 Å². The molecule has 0 atom stereocenters. The van der Waals surface area contributed by atoms with Gasteiger partial charge in [-0.15, -0.1) is 0 Å². The molecule has 0 fully saturated rings. The normalized spacial score (nSPS) is 10.4. The standard InChI is InChI=1S/C19H21F2N3O2/c1-2-24(18(26)11-10-13-6-3-4-9-16(13)22)12-17(25)23-19-14(20)7-5-8-15(19)21/h3-9H,2,10-12,22H2,1H3,(H,23,25). The van der Waals surface area contributed by atoms with Gasteiger partial charge in [0.2, 0.25) is 11.8 Å². The summed E-state index contributed by atoms with van der Waals surface area (Å²) in [7, 11) is 0. The van der Waals surface area contributed by atoms with Crippen molar-refractivity contribution in [3.63, 3.8) is 0 Å². The summed E-state index contributed by atoms with van der Waals surface area (Å²) >= 11 is 0. The van der Waals surface area contributed by atoms with Crippen molar-refractivity contribution in [3.05, 3.63) is 59.7 Å². The lowest BCUT2D eigenvalue weighted by Gasteiger charge is -2.20. The number of carbonyl (C=O) groups excluding carboxylic acids is 2. The fourth-order valence-corrected chi connectivity index (χ4v) is 2.51. The quantitative estimate of drug-likeness (QED) is 0.745. The summed E-state index contributed by atoms with van der Waals surface area (Å²) in [5.74, 6) is -2.64. The minimum atomic E-state index is -0.868. The molecule has 2 rings (SSSR count). The fraction of sp³-hybridized carbons (Fsp3) is 0.263. The first-order chi connectivity index (χ1) is 12.4. The molecule has 0 heterocycles. The van der Waals surface area contributed by atoms with Gasteiger partial charge in [-0.1, -0.05) is 24.3 Å². The second kappa shape index (κ2) is 8.94. The molecule has 7 heteroatoms. The van der Waals surface area contributed by atoms with Crippen LogP contribution in [-0.2, 0) is 16.0 Å². The molecular formula is C19H21F2N3O2. The van der Waals surface area contributed by atoms with Crippen LogP contribution < -0.4 is 11.1 Å². The van der Waals surface area contributed by atoms with E-state index >= 15 is 0 Å². The highest BCUT2D eigenvalue weighted by atomic mass is 19.1. The van der Waals surface area contributed by atoms with E-state index < -0.39 is 23.2 Å². The first-order valence-corrected chi connectivity index (χ1v) is 8.27. The molecule has 0 aromatic heterocycles. The predicted octanol–water partition coefficient (Wildman–Crippen LogP) is 2.97. The highest BCUT2D eigenvalue weighted by Gasteiger charge is 2.18. The maximum atomic E-state index is 13.6. The molecule has 138 valence electrons. The number of carbonyl (C=O) groups is 2. The van der Waals surface area contributed by atoms with Crippen LogP contribution in [0.1, 0.15) is 18.9 Å². The minimum absolute atomic E-state index is 0.184. The molecule has 0 aliphatic heterocycles. The lowest BCUT2D eigenvalue weighted by atomic mass is 10.1. The molecule has 0 saturated carbocycles. The molecule has 2 amide bonds. The number of likely N-dealkylation sites (N-methyl/N-ethyl adjacent to an activating group) is 1. The maximum Gasteiger partial charge on any atom is 0.244 e. The van der Waals surface area contributed by atoms with E-state index in [1.807, 2.05) is 18.2 Å². The highest BCUT2D eigenvalue weighted by molar-refractivity contribution is 5.94. The van der Waals surface area contributed by atoms with Gasteiger partial charge in [-0.3, -0.25) is 9.59 Å². The average Bonchev–Trinajstić information content (AvgIpc) is 2.62. The molecule has 3 N–H and O–H groups in total. The Kier molecular flexibility index (Phi) is 6.66. The number of rotatable bonds is 7. The number of para-hydroxylation sites is 2. The smallest absolute Gasteiger partial charge is 0.244 e. The number of benzene rings is 2. The number of nitrogens with one attached hydrogen (secondary N) is 1. The van der Waals surface area contributed by atoms with Gasteiger partial charge >= 0.3 is 0 Å². The van der Waals surface area contributed by atoms with Crippen LogP contribution in [0.15, 0.2) is 42.5 Å². The zero-order valence-electron chi connectivity index (χ0n) is 14.5. The third-order valence-electron chi connectivity index (χ3n) is 3.96. The Morgan fingerprint density at radius 3 is 2.35 bits per heavy atom. The van der Waals surface area contributed by atoms with Crippen molar-refractivity contribution in [1.29, 1.82) is 0 Å². The molecule has 0 radical (unpaired) electrons. The summed E-state index contributed by atoms with van der Waals surface area (Å²) in [6, 6.07) is 10.5. The molecule has 0 spiro atoms. The van der Waals surface area contributed by atoms with Gasteiger partial charge in [0.25, 0.3) is 0 Å². The van der Waals surface area contributed by atoms with Crippen molar-refractivity contribution in [2.24, 2.45) is 0 Å². The number of nitrogen functional groups attached to an aromatic ring is 1. The number of nitrogens with two attached hydrogens (primary N) is 1. The zero-order chi connectivity index (χ0) is 19.1. The van der Waals surface area contributed by atoms with Crippen LogP contribution in [0, 0.1) is 11.6 Å². The number of hydrogen-bond acceptors (Lipinski definition) is 3. The molecule has 0 unspecified atom stereocenters. The van der Waals surface area contributed by atoms with E-state index in [0.29, 0.717) is 18.7 Å². The number of nitrogens with zero attached hydrogens (tertiary/aromatic N) is 1. The van der Waals surface area contributed by atoms with E-state index in [1.54, 1.807) is 13.0 Å². The first-order valence-electron chi connectivity index (χ1n) is 8.27. The SMILES string of the molecule is CCN(CC(=O)Nc1c(F)cccc1F)C(=O)CCc1ccccc1N. The fourth-order valence-electron chi connectivity index (χ4n) is 2.51. The number of anilines is 2. The van der Waals surface area contributed by atoms with Crippen molar-refractivity contribution >= 4 is 23.2 Å². The second-order valence-electron chi connectivity index (χ2n) is 5.75. The molecule has 26 heavy (non-hydrogen) atoms. The Balaban J connectivity index is 1.94. The van der Waals surface area contributed by atoms with Crippen LogP contribution in [0.25, 0.3) is 0 Å². The van der Waals surface area contributed by atoms with E-state index in [1.165, 1.54) is 11.0 Å². The van der Waals surface area contributed by atoms with Crippen LogP contribution in [0.5, 0.6) is 0 Å². The molecule has 0 aliphatic rings. The van der Waals surface area contributed by atoms with Gasteiger partial charge in [0, 0.05) is 18.7 Å². The van der Waals surface area contributed by atoms with Gasteiger partial charge in [-0.25, -0.2) is 8.78 Å². The summed E-state index contributed by atoms with van der Waals surface area (Å²) in [5, 5.41) is 2.18. The van der Waals surface area contributed by atoms with E-state index in [4.69, 9.17) is 5.73 Å². The largest absolute Gasteiger partial charge is 0.399 e. The molecular weight excluding hydrogens is 340 g/mol. The van der Waals surface area contributed by atoms with Crippen LogP contribution in [0.4, 0.5) is 20.2 Å². The van der Waals surface area contributed by atoms with Crippen molar-refractivity contribution in [1.82, 2.24) is 4.90 Å². The first kappa shape index (κ1) is 19.4. The van der Waals surface area contributed by atoms with E-state index in [2.05, 4.69) is 5.32 Å².